The molecule has 3 aromatic rings. The van der Waals surface area contributed by atoms with E-state index >= 15 is 0 Å². The second kappa shape index (κ2) is 8.36. The van der Waals surface area contributed by atoms with Crippen LogP contribution in [-0.4, -0.2) is 59.2 Å². The number of carbonyl (C=O) groups excluding carboxylic acids is 1. The van der Waals surface area contributed by atoms with Gasteiger partial charge in [-0.15, -0.1) is 0 Å². The summed E-state index contributed by atoms with van der Waals surface area (Å²) in [5.41, 5.74) is 2.91. The van der Waals surface area contributed by atoms with Crippen molar-refractivity contribution in [3.05, 3.63) is 53.9 Å². The van der Waals surface area contributed by atoms with Gasteiger partial charge in [0.2, 0.25) is 12.7 Å². The first-order valence-electron chi connectivity index (χ1n) is 10.2. The molecule has 1 amide bonds. The van der Waals surface area contributed by atoms with Crippen molar-refractivity contribution < 1.29 is 14.3 Å². The molecule has 158 valence electrons. The highest BCUT2D eigenvalue weighted by atomic mass is 16.7. The predicted molar refractivity (Wildman–Crippen MR) is 116 cm³/mol. The molecule has 0 saturated carbocycles. The number of ether oxygens (including phenoxy) is 2. The van der Waals surface area contributed by atoms with Crippen molar-refractivity contribution in [1.82, 2.24) is 19.4 Å². The van der Waals surface area contributed by atoms with Crippen LogP contribution in [-0.2, 0) is 11.3 Å². The van der Waals surface area contributed by atoms with E-state index in [2.05, 4.69) is 9.88 Å². The maximum Gasteiger partial charge on any atom is 0.245 e. The number of likely N-dealkylation sites (N-methyl/N-ethyl adjacent to an activating group) is 1. The molecule has 0 N–H and O–H groups in total. The van der Waals surface area contributed by atoms with Crippen LogP contribution < -0.4 is 9.47 Å². The lowest BCUT2D eigenvalue weighted by molar-refractivity contribution is -0.135. The molecule has 1 aromatic heterocycles. The van der Waals surface area contributed by atoms with Crippen LogP contribution in [0.3, 0.4) is 0 Å². The summed E-state index contributed by atoms with van der Waals surface area (Å²) in [5, 5.41) is 0. The molecule has 1 unspecified atom stereocenters. The normalized spacial score (nSPS) is 13.8. The van der Waals surface area contributed by atoms with Crippen LogP contribution >= 0.6 is 0 Å². The van der Waals surface area contributed by atoms with Crippen LogP contribution in [0.25, 0.3) is 11.0 Å². The van der Waals surface area contributed by atoms with Gasteiger partial charge in [0.1, 0.15) is 11.9 Å². The Morgan fingerprint density at radius 3 is 2.70 bits per heavy atom. The van der Waals surface area contributed by atoms with Crippen molar-refractivity contribution in [3.63, 3.8) is 0 Å². The van der Waals surface area contributed by atoms with Crippen molar-refractivity contribution in [1.29, 1.82) is 0 Å². The van der Waals surface area contributed by atoms with E-state index in [0.29, 0.717) is 13.1 Å². The van der Waals surface area contributed by atoms with E-state index in [0.717, 1.165) is 40.5 Å². The largest absolute Gasteiger partial charge is 0.454 e. The number of aromatic nitrogens is 2. The molecule has 2 heterocycles. The SMILES string of the molecule is Cc1nc2ccccc2n1C(C)C(=O)N(CCN(C)C)Cc1ccc2c(c1)OCO2. The fraction of sp³-hybridized carbons (Fsp3) is 0.391. The van der Waals surface area contributed by atoms with Crippen molar-refractivity contribution in [3.8, 4) is 11.5 Å². The minimum absolute atomic E-state index is 0.0702. The lowest BCUT2D eigenvalue weighted by Crippen LogP contribution is -2.40. The van der Waals surface area contributed by atoms with Gasteiger partial charge in [-0.1, -0.05) is 18.2 Å². The molecule has 30 heavy (non-hydrogen) atoms. The van der Waals surface area contributed by atoms with Crippen LogP contribution in [0.4, 0.5) is 0 Å². The number of carbonyl (C=O) groups is 1. The Balaban J connectivity index is 1.60. The van der Waals surface area contributed by atoms with Crippen LogP contribution in [0.1, 0.15) is 24.4 Å². The average molecular weight is 409 g/mol. The van der Waals surface area contributed by atoms with Crippen molar-refractivity contribution in [2.75, 3.05) is 34.0 Å². The van der Waals surface area contributed by atoms with Crippen LogP contribution in [0.5, 0.6) is 11.5 Å². The van der Waals surface area contributed by atoms with E-state index in [1.165, 1.54) is 0 Å². The van der Waals surface area contributed by atoms with Crippen molar-refractivity contribution in [2.24, 2.45) is 0 Å². The Morgan fingerprint density at radius 2 is 1.90 bits per heavy atom. The van der Waals surface area contributed by atoms with Gasteiger partial charge in [-0.3, -0.25) is 4.79 Å². The van der Waals surface area contributed by atoms with Gasteiger partial charge in [0.05, 0.1) is 11.0 Å². The zero-order valence-electron chi connectivity index (χ0n) is 18.0. The lowest BCUT2D eigenvalue weighted by Gasteiger charge is -2.28. The fourth-order valence-corrected chi connectivity index (χ4v) is 3.88. The summed E-state index contributed by atoms with van der Waals surface area (Å²) in [7, 11) is 4.03. The number of aryl methyl sites for hydroxylation is 1. The Morgan fingerprint density at radius 1 is 1.13 bits per heavy atom. The van der Waals surface area contributed by atoms with Gasteiger partial charge in [0, 0.05) is 19.6 Å². The number of benzene rings is 2. The number of para-hydroxylation sites is 2. The summed E-state index contributed by atoms with van der Waals surface area (Å²) in [6, 6.07) is 13.4. The van der Waals surface area contributed by atoms with Gasteiger partial charge in [-0.25, -0.2) is 4.98 Å². The summed E-state index contributed by atoms with van der Waals surface area (Å²) in [4.78, 5) is 22.2. The molecule has 1 aliphatic rings. The summed E-state index contributed by atoms with van der Waals surface area (Å²) in [6.07, 6.45) is 0. The number of rotatable bonds is 7. The quantitative estimate of drug-likeness (QED) is 0.601. The zero-order valence-corrected chi connectivity index (χ0v) is 18.0. The van der Waals surface area contributed by atoms with E-state index in [1.807, 2.05) is 79.9 Å². The number of amides is 1. The first-order valence-corrected chi connectivity index (χ1v) is 10.2. The molecule has 1 atom stereocenters. The van der Waals surface area contributed by atoms with Gasteiger partial charge in [0.15, 0.2) is 11.5 Å². The molecule has 7 nitrogen and oxygen atoms in total. The summed E-state index contributed by atoms with van der Waals surface area (Å²) in [5.74, 6) is 2.39. The molecule has 0 bridgehead atoms. The Labute approximate surface area is 176 Å². The predicted octanol–water partition coefficient (Wildman–Crippen LogP) is 3.22. The molecular formula is C23H28N4O3. The second-order valence-electron chi connectivity index (χ2n) is 7.94. The van der Waals surface area contributed by atoms with Crippen molar-refractivity contribution in [2.45, 2.75) is 26.4 Å². The third-order valence-electron chi connectivity index (χ3n) is 5.46. The average Bonchev–Trinajstić information content (AvgIpc) is 3.32. The van der Waals surface area contributed by atoms with Gasteiger partial charge >= 0.3 is 0 Å². The molecule has 0 fully saturated rings. The van der Waals surface area contributed by atoms with E-state index in [9.17, 15) is 4.79 Å². The molecule has 1 aliphatic heterocycles. The minimum atomic E-state index is -0.353. The zero-order chi connectivity index (χ0) is 21.3. The topological polar surface area (TPSA) is 59.8 Å². The third kappa shape index (κ3) is 3.98. The van der Waals surface area contributed by atoms with Crippen molar-refractivity contribution >= 4 is 16.9 Å². The van der Waals surface area contributed by atoms with Crippen LogP contribution in [0.15, 0.2) is 42.5 Å². The smallest absolute Gasteiger partial charge is 0.245 e. The number of hydrogen-bond acceptors (Lipinski definition) is 5. The molecule has 2 aromatic carbocycles. The molecule has 0 radical (unpaired) electrons. The van der Waals surface area contributed by atoms with Crippen LogP contribution in [0, 0.1) is 6.92 Å². The Kier molecular flexibility index (Phi) is 5.63. The van der Waals surface area contributed by atoms with Gasteiger partial charge < -0.3 is 23.8 Å². The number of nitrogens with zero attached hydrogens (tertiary/aromatic N) is 4. The highest BCUT2D eigenvalue weighted by Crippen LogP contribution is 2.33. The van der Waals surface area contributed by atoms with E-state index in [-0.39, 0.29) is 18.7 Å². The monoisotopic (exact) mass is 408 g/mol. The molecular weight excluding hydrogens is 380 g/mol. The minimum Gasteiger partial charge on any atom is -0.454 e. The summed E-state index contributed by atoms with van der Waals surface area (Å²) in [6.45, 7) is 6.08. The number of imidazole rings is 1. The number of fused-ring (bicyclic) bond motifs is 2. The summed E-state index contributed by atoms with van der Waals surface area (Å²) >= 11 is 0. The summed E-state index contributed by atoms with van der Waals surface area (Å²) < 4.78 is 12.9. The maximum absolute atomic E-state index is 13.6. The standard InChI is InChI=1S/C23H28N4O3/c1-16(27-17(2)24-19-7-5-6-8-20(19)27)23(28)26(12-11-25(3)4)14-18-9-10-21-22(13-18)30-15-29-21/h5-10,13,16H,11-12,14-15H2,1-4H3. The highest BCUT2D eigenvalue weighted by Gasteiger charge is 2.25. The van der Waals surface area contributed by atoms with E-state index in [1.54, 1.807) is 0 Å². The molecule has 7 heteroatoms. The first-order chi connectivity index (χ1) is 14.4. The fourth-order valence-electron chi connectivity index (χ4n) is 3.88. The van der Waals surface area contributed by atoms with E-state index < -0.39 is 0 Å². The maximum atomic E-state index is 13.6. The number of hydrogen-bond donors (Lipinski definition) is 0. The Bertz CT molecular complexity index is 1060. The molecule has 0 spiro atoms. The van der Waals surface area contributed by atoms with E-state index in [4.69, 9.17) is 9.47 Å². The molecule has 0 aliphatic carbocycles. The first kappa shape index (κ1) is 20.2. The Hall–Kier alpha value is -3.06. The lowest BCUT2D eigenvalue weighted by atomic mass is 10.1. The van der Waals surface area contributed by atoms with Gasteiger partial charge in [0.25, 0.3) is 0 Å². The van der Waals surface area contributed by atoms with Gasteiger partial charge in [-0.2, -0.15) is 0 Å². The third-order valence-corrected chi connectivity index (χ3v) is 5.46. The van der Waals surface area contributed by atoms with Crippen LogP contribution in [0.2, 0.25) is 0 Å². The molecule has 0 saturated heterocycles. The van der Waals surface area contributed by atoms with Gasteiger partial charge in [-0.05, 0) is 57.8 Å². The second-order valence-corrected chi connectivity index (χ2v) is 7.94. The molecule has 4 rings (SSSR count). The highest BCUT2D eigenvalue weighted by molar-refractivity contribution is 5.84.